The molecule has 0 radical (unpaired) electrons. The van der Waals surface area contributed by atoms with Crippen molar-refractivity contribution in [1.29, 1.82) is 0 Å². The van der Waals surface area contributed by atoms with Crippen LogP contribution in [0, 0.1) is 0 Å². The molecule has 12 nitrogen and oxygen atoms in total. The first kappa shape index (κ1) is 25.4. The number of anilines is 2. The second-order valence-corrected chi connectivity index (χ2v) is 10.0. The summed E-state index contributed by atoms with van der Waals surface area (Å²) in [5.41, 5.74) is 0.680. The zero-order valence-electron chi connectivity index (χ0n) is 20.0. The second kappa shape index (κ2) is 10.9. The van der Waals surface area contributed by atoms with E-state index in [0.29, 0.717) is 61.3 Å². The molecular formula is C23H27N7O5S. The van der Waals surface area contributed by atoms with Crippen LogP contribution < -0.4 is 14.8 Å². The molecule has 3 aromatic rings. The van der Waals surface area contributed by atoms with Gasteiger partial charge in [0.05, 0.1) is 41.6 Å². The van der Waals surface area contributed by atoms with E-state index in [-0.39, 0.29) is 17.6 Å². The summed E-state index contributed by atoms with van der Waals surface area (Å²) in [5.74, 6) is 0.255. The number of hydrogen-bond acceptors (Lipinski definition) is 10. The molecule has 3 aromatic heterocycles. The van der Waals surface area contributed by atoms with Crippen LogP contribution in [-0.4, -0.2) is 64.8 Å². The monoisotopic (exact) mass is 513 g/mol. The van der Waals surface area contributed by atoms with Gasteiger partial charge in [-0.1, -0.05) is 0 Å². The molecule has 1 aliphatic heterocycles. The highest BCUT2D eigenvalue weighted by atomic mass is 32.2. The molecule has 0 spiro atoms. The average Bonchev–Trinajstić information content (AvgIpc) is 2.90. The highest BCUT2D eigenvalue weighted by Crippen LogP contribution is 2.35. The van der Waals surface area contributed by atoms with Crippen molar-refractivity contribution in [3.63, 3.8) is 0 Å². The third kappa shape index (κ3) is 5.74. The van der Waals surface area contributed by atoms with Crippen molar-refractivity contribution < 1.29 is 22.7 Å². The molecule has 1 amide bonds. The van der Waals surface area contributed by atoms with Gasteiger partial charge in [0.15, 0.2) is 0 Å². The number of rotatable bonds is 9. The molecular weight excluding hydrogens is 486 g/mol. The zero-order valence-corrected chi connectivity index (χ0v) is 20.8. The Morgan fingerprint density at radius 2 is 1.89 bits per heavy atom. The van der Waals surface area contributed by atoms with Crippen molar-refractivity contribution in [3.05, 3.63) is 48.7 Å². The number of pyridine rings is 1. The van der Waals surface area contributed by atoms with Crippen LogP contribution in [0.25, 0.3) is 11.3 Å². The lowest BCUT2D eigenvalue weighted by Gasteiger charge is -2.35. The molecule has 0 saturated carbocycles. The van der Waals surface area contributed by atoms with Crippen molar-refractivity contribution in [2.24, 2.45) is 0 Å². The van der Waals surface area contributed by atoms with Gasteiger partial charge in [-0.05, 0) is 44.9 Å². The summed E-state index contributed by atoms with van der Waals surface area (Å²) in [5, 5.41) is 2.87. The van der Waals surface area contributed by atoms with Gasteiger partial charge in [-0.25, -0.2) is 28.4 Å². The summed E-state index contributed by atoms with van der Waals surface area (Å²) in [6.45, 7) is 4.57. The van der Waals surface area contributed by atoms with Gasteiger partial charge in [-0.3, -0.25) is 14.5 Å². The maximum absolute atomic E-state index is 13.6. The van der Waals surface area contributed by atoms with Crippen LogP contribution in [0.5, 0.6) is 5.88 Å². The number of hydrogen-bond donors (Lipinski definition) is 2. The van der Waals surface area contributed by atoms with E-state index in [2.05, 4.69) is 35.0 Å². The van der Waals surface area contributed by atoms with Crippen LogP contribution in [0.2, 0.25) is 0 Å². The van der Waals surface area contributed by atoms with Crippen LogP contribution in [-0.2, 0) is 25.0 Å². The Labute approximate surface area is 209 Å². The molecule has 1 aliphatic rings. The molecule has 2 N–H and O–H groups in total. The fourth-order valence-corrected chi connectivity index (χ4v) is 4.29. The second-order valence-electron chi connectivity index (χ2n) is 8.03. The van der Waals surface area contributed by atoms with E-state index < -0.39 is 15.4 Å². The Bertz CT molecular complexity index is 1310. The number of carbonyl (C=O) groups excluding carboxylic acids is 1. The summed E-state index contributed by atoms with van der Waals surface area (Å²) in [4.78, 5) is 34.9. The maximum atomic E-state index is 13.6. The van der Waals surface area contributed by atoms with E-state index in [1.807, 2.05) is 6.92 Å². The molecule has 0 atom stereocenters. The lowest BCUT2D eigenvalue weighted by molar-refractivity contribution is -0.125. The largest absolute Gasteiger partial charge is 0.477 e. The molecule has 0 bridgehead atoms. The minimum atomic E-state index is -3.57. The first-order chi connectivity index (χ1) is 17.3. The van der Waals surface area contributed by atoms with Gasteiger partial charge in [0.1, 0.15) is 5.82 Å². The van der Waals surface area contributed by atoms with Gasteiger partial charge in [0.25, 0.3) is 0 Å². The fourth-order valence-electron chi connectivity index (χ4n) is 3.76. The van der Waals surface area contributed by atoms with Crippen molar-refractivity contribution in [2.45, 2.75) is 32.1 Å². The van der Waals surface area contributed by atoms with Crippen LogP contribution in [0.1, 0.15) is 32.4 Å². The molecule has 36 heavy (non-hydrogen) atoms. The molecule has 0 aliphatic carbocycles. The van der Waals surface area contributed by atoms with E-state index in [0.717, 1.165) is 0 Å². The number of carbonyl (C=O) groups is 1. The zero-order chi connectivity index (χ0) is 25.6. The highest BCUT2D eigenvalue weighted by Gasteiger charge is 2.43. The third-order valence-corrected chi connectivity index (χ3v) is 7.01. The van der Waals surface area contributed by atoms with Crippen LogP contribution >= 0.6 is 0 Å². The number of amides is 1. The summed E-state index contributed by atoms with van der Waals surface area (Å²) < 4.78 is 37.2. The predicted octanol–water partition coefficient (Wildman–Crippen LogP) is 2.18. The first-order valence-corrected chi connectivity index (χ1v) is 13.1. The standard InChI is InChI=1S/C23H27N7O5S/c1-3-35-20-15-24-14-17(27-20)16-5-6-19(26-13-16)29-21(31)23(8-11-34-12-9-23)18-7-10-25-22(28-18)30-36(32,33)4-2/h5-7,10,13-15H,3-4,8-9,11-12H2,1-2H3,(H,25,28,30)(H,26,29,31). The minimum absolute atomic E-state index is 0.0779. The molecule has 4 rings (SSSR count). The Kier molecular flexibility index (Phi) is 7.70. The van der Waals surface area contributed by atoms with Crippen molar-refractivity contribution in [1.82, 2.24) is 24.9 Å². The molecule has 1 fully saturated rings. The molecule has 1 saturated heterocycles. The lowest BCUT2D eigenvalue weighted by Crippen LogP contribution is -2.45. The Hall–Kier alpha value is -3.71. The van der Waals surface area contributed by atoms with Gasteiger partial charge < -0.3 is 14.8 Å². The number of ether oxygens (including phenoxy) is 2. The van der Waals surface area contributed by atoms with E-state index in [1.165, 1.54) is 19.3 Å². The van der Waals surface area contributed by atoms with E-state index in [9.17, 15) is 13.2 Å². The maximum Gasteiger partial charge on any atom is 0.237 e. The smallest absolute Gasteiger partial charge is 0.237 e. The van der Waals surface area contributed by atoms with Crippen LogP contribution in [0.4, 0.5) is 11.8 Å². The highest BCUT2D eigenvalue weighted by molar-refractivity contribution is 7.92. The summed E-state index contributed by atoms with van der Waals surface area (Å²) in [6, 6.07) is 5.08. The summed E-state index contributed by atoms with van der Waals surface area (Å²) in [7, 11) is -3.57. The topological polar surface area (TPSA) is 158 Å². The number of nitrogens with zero attached hydrogens (tertiary/aromatic N) is 5. The number of aromatic nitrogens is 5. The Morgan fingerprint density at radius 1 is 1.08 bits per heavy atom. The number of nitrogens with one attached hydrogen (secondary N) is 2. The van der Waals surface area contributed by atoms with Gasteiger partial charge in [0, 0.05) is 31.2 Å². The Morgan fingerprint density at radius 3 is 2.58 bits per heavy atom. The van der Waals surface area contributed by atoms with E-state index in [1.54, 1.807) is 30.6 Å². The van der Waals surface area contributed by atoms with Crippen molar-refractivity contribution >= 4 is 27.7 Å². The number of sulfonamides is 1. The van der Waals surface area contributed by atoms with Crippen LogP contribution in [0.15, 0.2) is 43.0 Å². The van der Waals surface area contributed by atoms with Gasteiger partial charge in [-0.15, -0.1) is 0 Å². The van der Waals surface area contributed by atoms with E-state index in [4.69, 9.17) is 9.47 Å². The van der Waals surface area contributed by atoms with Gasteiger partial charge >= 0.3 is 0 Å². The molecule has 0 aromatic carbocycles. The van der Waals surface area contributed by atoms with E-state index >= 15 is 0 Å². The molecule has 0 unspecified atom stereocenters. The molecule has 4 heterocycles. The summed E-state index contributed by atoms with van der Waals surface area (Å²) in [6.07, 6.45) is 6.91. The van der Waals surface area contributed by atoms with Gasteiger partial charge in [0.2, 0.25) is 27.8 Å². The normalized spacial score (nSPS) is 15.2. The SMILES string of the molecule is CCOc1cncc(-c2ccc(NC(=O)C3(c4ccnc(NS(=O)(=O)CC)n4)CCOCC3)nc2)n1. The molecule has 190 valence electrons. The van der Waals surface area contributed by atoms with Crippen LogP contribution in [0.3, 0.4) is 0 Å². The average molecular weight is 514 g/mol. The third-order valence-electron chi connectivity index (χ3n) is 5.76. The minimum Gasteiger partial charge on any atom is -0.477 e. The van der Waals surface area contributed by atoms with Crippen molar-refractivity contribution in [2.75, 3.05) is 35.6 Å². The fraction of sp³-hybridized carbons (Fsp3) is 0.391. The predicted molar refractivity (Wildman–Crippen MR) is 132 cm³/mol. The van der Waals surface area contributed by atoms with Gasteiger partial charge in [-0.2, -0.15) is 0 Å². The first-order valence-electron chi connectivity index (χ1n) is 11.5. The molecule has 13 heteroatoms. The quantitative estimate of drug-likeness (QED) is 0.434. The van der Waals surface area contributed by atoms with Crippen molar-refractivity contribution in [3.8, 4) is 17.1 Å². The summed E-state index contributed by atoms with van der Waals surface area (Å²) >= 11 is 0. The lowest BCUT2D eigenvalue weighted by atomic mass is 9.76. The Balaban J connectivity index is 1.57.